The molecule has 182 valence electrons. The van der Waals surface area contributed by atoms with Crippen molar-refractivity contribution in [2.75, 3.05) is 21.3 Å². The second-order valence-electron chi connectivity index (χ2n) is 8.23. The predicted octanol–water partition coefficient (Wildman–Crippen LogP) is 4.88. The molecule has 1 fully saturated rings. The van der Waals surface area contributed by atoms with E-state index in [2.05, 4.69) is 10.2 Å². The van der Waals surface area contributed by atoms with Crippen molar-refractivity contribution in [1.29, 1.82) is 0 Å². The van der Waals surface area contributed by atoms with Crippen LogP contribution in [0.5, 0.6) is 17.2 Å². The van der Waals surface area contributed by atoms with Crippen LogP contribution in [0.15, 0.2) is 50.8 Å². The van der Waals surface area contributed by atoms with Crippen LogP contribution in [0.25, 0.3) is 22.4 Å². The normalized spacial score (nSPS) is 13.9. The Morgan fingerprint density at radius 2 is 1.74 bits per heavy atom. The van der Waals surface area contributed by atoms with Crippen molar-refractivity contribution >= 4 is 22.7 Å². The minimum atomic E-state index is 0.00800. The van der Waals surface area contributed by atoms with Crippen molar-refractivity contribution in [3.05, 3.63) is 52.6 Å². The van der Waals surface area contributed by atoms with Crippen LogP contribution < -0.4 is 19.8 Å². The van der Waals surface area contributed by atoms with Gasteiger partial charge in [-0.3, -0.25) is 9.36 Å². The van der Waals surface area contributed by atoms with Gasteiger partial charge in [-0.25, -0.2) is 4.98 Å². The lowest BCUT2D eigenvalue weighted by Crippen LogP contribution is -2.26. The summed E-state index contributed by atoms with van der Waals surface area (Å²) in [4.78, 5) is 18.1. The van der Waals surface area contributed by atoms with Gasteiger partial charge in [-0.15, -0.1) is 10.2 Å². The molecule has 0 N–H and O–H groups in total. The molecule has 2 aromatic heterocycles. The summed E-state index contributed by atoms with van der Waals surface area (Å²) in [6.07, 6.45) is 4.21. The molecule has 0 amide bonds. The minimum absolute atomic E-state index is 0.00800. The third-order valence-electron chi connectivity index (χ3n) is 6.17. The molecule has 1 aliphatic carbocycles. The Bertz CT molecular complexity index is 1390. The maximum Gasteiger partial charge on any atom is 0.262 e. The summed E-state index contributed by atoms with van der Waals surface area (Å²) in [5.41, 5.74) is 1.35. The first kappa shape index (κ1) is 23.2. The van der Waals surface area contributed by atoms with Gasteiger partial charge in [-0.2, -0.15) is 0 Å². The van der Waals surface area contributed by atoms with Crippen LogP contribution in [0.2, 0.25) is 0 Å². The van der Waals surface area contributed by atoms with Gasteiger partial charge in [-0.05, 0) is 37.1 Å². The number of fused-ring (bicyclic) bond motifs is 1. The summed E-state index contributed by atoms with van der Waals surface area (Å²) in [6, 6.07) is 11.2. The number of benzene rings is 2. The second kappa shape index (κ2) is 9.99. The highest BCUT2D eigenvalue weighted by Gasteiger charge is 2.24. The van der Waals surface area contributed by atoms with Gasteiger partial charge in [0.15, 0.2) is 16.7 Å². The van der Waals surface area contributed by atoms with Crippen LogP contribution in [-0.4, -0.2) is 41.1 Å². The number of hydrogen-bond donors (Lipinski definition) is 0. The average molecular weight is 495 g/mol. The largest absolute Gasteiger partial charge is 0.493 e. The van der Waals surface area contributed by atoms with E-state index in [4.69, 9.17) is 23.6 Å². The van der Waals surface area contributed by atoms with Crippen LogP contribution in [0.4, 0.5) is 0 Å². The predicted molar refractivity (Wildman–Crippen MR) is 132 cm³/mol. The van der Waals surface area contributed by atoms with E-state index in [1.807, 2.05) is 28.8 Å². The van der Waals surface area contributed by atoms with Gasteiger partial charge in [0.25, 0.3) is 5.56 Å². The van der Waals surface area contributed by atoms with E-state index in [9.17, 15) is 4.79 Å². The van der Waals surface area contributed by atoms with Gasteiger partial charge in [0.2, 0.25) is 17.5 Å². The Morgan fingerprint density at radius 1 is 1.03 bits per heavy atom. The molecule has 0 unspecified atom stereocenters. The summed E-state index contributed by atoms with van der Waals surface area (Å²) < 4.78 is 24.0. The molecule has 2 heterocycles. The summed E-state index contributed by atoms with van der Waals surface area (Å²) in [6.45, 7) is 0. The molecule has 0 radical (unpaired) electrons. The first-order valence-electron chi connectivity index (χ1n) is 11.4. The van der Waals surface area contributed by atoms with Crippen LogP contribution >= 0.6 is 11.8 Å². The standard InChI is InChI=1S/C25H26N4O5S/c1-31-19-12-15(13-20(32-2)22(19)33-3)23-28-27-21(34-23)14-35-25-26-18-11-7-6-10-17(18)24(30)29(25)16-8-4-5-9-16/h6-7,10-13,16H,4-5,8-9,14H2,1-3H3. The number of rotatable bonds is 8. The fourth-order valence-corrected chi connectivity index (χ4v) is 5.37. The van der Waals surface area contributed by atoms with Crippen LogP contribution in [-0.2, 0) is 5.75 Å². The molecule has 1 aliphatic rings. The lowest BCUT2D eigenvalue weighted by molar-refractivity contribution is 0.324. The molecule has 0 aliphatic heterocycles. The first-order valence-corrected chi connectivity index (χ1v) is 12.4. The molecule has 35 heavy (non-hydrogen) atoms. The number of para-hydroxylation sites is 1. The van der Waals surface area contributed by atoms with E-state index in [-0.39, 0.29) is 11.6 Å². The number of nitrogens with zero attached hydrogens (tertiary/aromatic N) is 4. The highest BCUT2D eigenvalue weighted by molar-refractivity contribution is 7.98. The number of ether oxygens (including phenoxy) is 3. The van der Waals surface area contributed by atoms with Crippen molar-refractivity contribution in [2.24, 2.45) is 0 Å². The van der Waals surface area contributed by atoms with Gasteiger partial charge in [-0.1, -0.05) is 36.7 Å². The molecule has 0 bridgehead atoms. The van der Waals surface area contributed by atoms with Gasteiger partial charge in [0, 0.05) is 11.6 Å². The van der Waals surface area contributed by atoms with Crippen molar-refractivity contribution in [2.45, 2.75) is 42.6 Å². The Morgan fingerprint density at radius 3 is 2.43 bits per heavy atom. The van der Waals surface area contributed by atoms with Crippen LogP contribution in [0.3, 0.4) is 0 Å². The van der Waals surface area contributed by atoms with Gasteiger partial charge in [0.1, 0.15) is 0 Å². The fourth-order valence-electron chi connectivity index (χ4n) is 4.47. The number of thioether (sulfide) groups is 1. The monoisotopic (exact) mass is 494 g/mol. The molecule has 0 saturated heterocycles. The van der Waals surface area contributed by atoms with Gasteiger partial charge in [0.05, 0.1) is 38.0 Å². The zero-order chi connectivity index (χ0) is 24.4. The van der Waals surface area contributed by atoms with E-state index in [0.717, 1.165) is 25.7 Å². The second-order valence-corrected chi connectivity index (χ2v) is 9.17. The lowest BCUT2D eigenvalue weighted by atomic mass is 10.2. The zero-order valence-corrected chi connectivity index (χ0v) is 20.6. The molecule has 9 nitrogen and oxygen atoms in total. The topological polar surface area (TPSA) is 102 Å². The van der Waals surface area contributed by atoms with Crippen molar-refractivity contribution in [1.82, 2.24) is 19.7 Å². The maximum absolute atomic E-state index is 13.3. The molecule has 2 aromatic carbocycles. The molecule has 0 atom stereocenters. The molecule has 10 heteroatoms. The third-order valence-corrected chi connectivity index (χ3v) is 7.11. The van der Waals surface area contributed by atoms with E-state index in [0.29, 0.717) is 56.4 Å². The third kappa shape index (κ3) is 4.45. The van der Waals surface area contributed by atoms with E-state index >= 15 is 0 Å². The molecule has 0 spiro atoms. The van der Waals surface area contributed by atoms with Crippen molar-refractivity contribution in [3.8, 4) is 28.7 Å². The van der Waals surface area contributed by atoms with Crippen molar-refractivity contribution in [3.63, 3.8) is 0 Å². The zero-order valence-electron chi connectivity index (χ0n) is 19.8. The molecule has 1 saturated carbocycles. The number of aromatic nitrogens is 4. The molecular weight excluding hydrogens is 468 g/mol. The Balaban J connectivity index is 1.44. The van der Waals surface area contributed by atoms with Crippen molar-refractivity contribution < 1.29 is 18.6 Å². The summed E-state index contributed by atoms with van der Waals surface area (Å²) in [5.74, 6) is 2.63. The average Bonchev–Trinajstić information content (AvgIpc) is 3.59. The van der Waals surface area contributed by atoms with Crippen LogP contribution in [0, 0.1) is 0 Å². The van der Waals surface area contributed by atoms with Gasteiger partial charge >= 0.3 is 0 Å². The lowest BCUT2D eigenvalue weighted by Gasteiger charge is -2.18. The highest BCUT2D eigenvalue weighted by atomic mass is 32.2. The summed E-state index contributed by atoms with van der Waals surface area (Å²) in [5, 5.41) is 9.73. The van der Waals surface area contributed by atoms with Gasteiger partial charge < -0.3 is 18.6 Å². The van der Waals surface area contributed by atoms with Crippen LogP contribution in [0.1, 0.15) is 37.6 Å². The molecule has 4 aromatic rings. The highest BCUT2D eigenvalue weighted by Crippen LogP contribution is 2.41. The van der Waals surface area contributed by atoms with E-state index in [1.54, 1.807) is 33.5 Å². The summed E-state index contributed by atoms with van der Waals surface area (Å²) >= 11 is 1.43. The minimum Gasteiger partial charge on any atom is -0.493 e. The first-order chi connectivity index (χ1) is 17.1. The van der Waals surface area contributed by atoms with E-state index < -0.39 is 0 Å². The Hall–Kier alpha value is -3.53. The summed E-state index contributed by atoms with van der Waals surface area (Å²) in [7, 11) is 4.66. The molecular formula is C25H26N4O5S. The quantitative estimate of drug-likeness (QED) is 0.250. The fraction of sp³-hybridized carbons (Fsp3) is 0.360. The smallest absolute Gasteiger partial charge is 0.262 e. The SMILES string of the molecule is COc1cc(-c2nnc(CSc3nc4ccccc4c(=O)n3C3CCCC3)o2)cc(OC)c1OC. The number of methoxy groups -OCH3 is 3. The Kier molecular flexibility index (Phi) is 6.63. The maximum atomic E-state index is 13.3. The Labute approximate surface area is 206 Å². The molecule has 5 rings (SSSR count). The number of hydrogen-bond acceptors (Lipinski definition) is 9. The van der Waals surface area contributed by atoms with E-state index in [1.165, 1.54) is 11.8 Å².